The van der Waals surface area contributed by atoms with Crippen LogP contribution in [0.25, 0.3) is 98.5 Å². The fourth-order valence-corrected chi connectivity index (χ4v) is 8.04. The molecule has 0 fully saturated rings. The van der Waals surface area contributed by atoms with E-state index in [0.717, 1.165) is 66.3 Å². The molecule has 6 aromatic carbocycles. The molecule has 0 aliphatic rings. The lowest BCUT2D eigenvalue weighted by molar-refractivity contribution is 1.07. The predicted molar refractivity (Wildman–Crippen MR) is 210 cm³/mol. The molecule has 0 saturated heterocycles. The third-order valence-corrected chi connectivity index (χ3v) is 10.5. The standard InChI is InChI=1S/C45H27N5S/c1-3-12-28(13-4-1)43-48-44(29-14-5-2-6-15-29)50-45(49-43)32-17-11-16-30(26-32)31-22-23-37-36(27-31)33-18-7-8-19-34(33)41(47-37)42-40-35-20-9-10-21-38(35)51-39(40)24-25-46-42/h1-27H. The first-order valence-electron chi connectivity index (χ1n) is 16.8. The quantitative estimate of drug-likeness (QED) is 0.171. The summed E-state index contributed by atoms with van der Waals surface area (Å²) >= 11 is 1.80. The van der Waals surface area contributed by atoms with Crippen LogP contribution < -0.4 is 0 Å². The van der Waals surface area contributed by atoms with Crippen molar-refractivity contribution in [1.29, 1.82) is 0 Å². The number of hydrogen-bond acceptors (Lipinski definition) is 6. The molecule has 0 aliphatic heterocycles. The topological polar surface area (TPSA) is 64.5 Å². The van der Waals surface area contributed by atoms with Gasteiger partial charge in [-0.3, -0.25) is 4.98 Å². The molecular weight excluding hydrogens is 643 g/mol. The van der Waals surface area contributed by atoms with Crippen LogP contribution in [0.2, 0.25) is 0 Å². The van der Waals surface area contributed by atoms with Gasteiger partial charge in [-0.05, 0) is 46.8 Å². The Bertz CT molecular complexity index is 2860. The van der Waals surface area contributed by atoms with Crippen LogP contribution in [0, 0.1) is 0 Å². The molecule has 0 amide bonds. The fourth-order valence-electron chi connectivity index (χ4n) is 6.94. The maximum Gasteiger partial charge on any atom is 0.164 e. The molecule has 4 aromatic heterocycles. The second kappa shape index (κ2) is 12.1. The Labute approximate surface area is 297 Å². The number of aromatic nitrogens is 5. The van der Waals surface area contributed by atoms with Crippen LogP contribution in [-0.4, -0.2) is 24.9 Å². The summed E-state index contributed by atoms with van der Waals surface area (Å²) < 4.78 is 2.47. The molecule has 0 bridgehead atoms. The van der Waals surface area contributed by atoms with E-state index in [9.17, 15) is 0 Å². The lowest BCUT2D eigenvalue weighted by atomic mass is 9.96. The van der Waals surface area contributed by atoms with Gasteiger partial charge in [0.2, 0.25) is 0 Å². The molecule has 4 heterocycles. The lowest BCUT2D eigenvalue weighted by Crippen LogP contribution is -2.00. The second-order valence-electron chi connectivity index (χ2n) is 12.5. The maximum atomic E-state index is 5.30. The Kier molecular flexibility index (Phi) is 6.93. The average Bonchev–Trinajstić information content (AvgIpc) is 3.60. The van der Waals surface area contributed by atoms with E-state index in [1.165, 1.54) is 14.8 Å². The van der Waals surface area contributed by atoms with Crippen molar-refractivity contribution in [1.82, 2.24) is 24.9 Å². The highest BCUT2D eigenvalue weighted by Gasteiger charge is 2.18. The van der Waals surface area contributed by atoms with Gasteiger partial charge in [-0.1, -0.05) is 127 Å². The van der Waals surface area contributed by atoms with Crippen LogP contribution in [-0.2, 0) is 0 Å². The summed E-state index contributed by atoms with van der Waals surface area (Å²) in [5.74, 6) is 1.92. The normalized spacial score (nSPS) is 11.5. The summed E-state index contributed by atoms with van der Waals surface area (Å²) in [5, 5.41) is 5.70. The van der Waals surface area contributed by atoms with Crippen molar-refractivity contribution in [3.63, 3.8) is 0 Å². The number of thiophene rings is 1. The van der Waals surface area contributed by atoms with Crippen molar-refractivity contribution in [2.24, 2.45) is 0 Å². The SMILES string of the molecule is c1ccc(-c2nc(-c3ccccc3)nc(-c3cccc(-c4ccc5nc(-c6nccc7sc8ccccc8c67)c6ccccc6c5c4)c3)n2)cc1. The van der Waals surface area contributed by atoms with E-state index >= 15 is 0 Å². The van der Waals surface area contributed by atoms with Crippen molar-refractivity contribution >= 4 is 53.2 Å². The predicted octanol–water partition coefficient (Wildman–Crippen LogP) is 11.7. The molecule has 0 radical (unpaired) electrons. The average molecular weight is 670 g/mol. The summed E-state index contributed by atoms with van der Waals surface area (Å²) in [4.78, 5) is 25.0. The van der Waals surface area contributed by atoms with Crippen molar-refractivity contribution < 1.29 is 0 Å². The van der Waals surface area contributed by atoms with Gasteiger partial charge < -0.3 is 0 Å². The number of nitrogens with zero attached hydrogens (tertiary/aromatic N) is 5. The molecule has 10 aromatic rings. The third-order valence-electron chi connectivity index (χ3n) is 9.37. The highest BCUT2D eigenvalue weighted by Crippen LogP contribution is 2.41. The van der Waals surface area contributed by atoms with Crippen LogP contribution >= 0.6 is 11.3 Å². The van der Waals surface area contributed by atoms with Crippen molar-refractivity contribution in [3.8, 4) is 56.7 Å². The number of rotatable bonds is 5. The molecule has 6 heteroatoms. The molecule has 0 aliphatic carbocycles. The Morgan fingerprint density at radius 2 is 0.941 bits per heavy atom. The van der Waals surface area contributed by atoms with Gasteiger partial charge in [0.05, 0.1) is 16.9 Å². The summed E-state index contributed by atoms with van der Waals surface area (Å²) in [6, 6.07) is 54.3. The van der Waals surface area contributed by atoms with E-state index in [0.29, 0.717) is 17.5 Å². The van der Waals surface area contributed by atoms with Crippen molar-refractivity contribution in [2.45, 2.75) is 0 Å². The van der Waals surface area contributed by atoms with Gasteiger partial charge >= 0.3 is 0 Å². The third kappa shape index (κ3) is 5.12. The van der Waals surface area contributed by atoms with Gasteiger partial charge in [-0.25, -0.2) is 19.9 Å². The first-order valence-corrected chi connectivity index (χ1v) is 17.7. The van der Waals surface area contributed by atoms with E-state index < -0.39 is 0 Å². The highest BCUT2D eigenvalue weighted by atomic mass is 32.1. The highest BCUT2D eigenvalue weighted by molar-refractivity contribution is 7.25. The van der Waals surface area contributed by atoms with E-state index in [1.807, 2.05) is 66.9 Å². The number of fused-ring (bicyclic) bond motifs is 6. The Morgan fingerprint density at radius 1 is 0.353 bits per heavy atom. The Balaban J connectivity index is 1.11. The largest absolute Gasteiger partial charge is 0.254 e. The summed E-state index contributed by atoms with van der Waals surface area (Å²) in [5.41, 5.74) is 7.73. The molecule has 0 unspecified atom stereocenters. The molecule has 10 rings (SSSR count). The fraction of sp³-hybridized carbons (Fsp3) is 0. The monoisotopic (exact) mass is 669 g/mol. The van der Waals surface area contributed by atoms with E-state index in [4.69, 9.17) is 24.9 Å². The first-order chi connectivity index (χ1) is 25.3. The maximum absolute atomic E-state index is 5.30. The molecule has 0 saturated carbocycles. The zero-order valence-corrected chi connectivity index (χ0v) is 28.0. The molecule has 238 valence electrons. The van der Waals surface area contributed by atoms with Crippen LogP contribution in [0.15, 0.2) is 164 Å². The van der Waals surface area contributed by atoms with Crippen LogP contribution in [0.4, 0.5) is 0 Å². The van der Waals surface area contributed by atoms with Crippen molar-refractivity contribution in [3.05, 3.63) is 164 Å². The summed E-state index contributed by atoms with van der Waals surface area (Å²) in [6.45, 7) is 0. The molecule has 5 nitrogen and oxygen atoms in total. The first kappa shape index (κ1) is 29.3. The smallest absolute Gasteiger partial charge is 0.164 e. The number of benzene rings is 6. The van der Waals surface area contributed by atoms with E-state index in [2.05, 4.69) is 97.1 Å². The molecule has 0 N–H and O–H groups in total. The van der Waals surface area contributed by atoms with Gasteiger partial charge in [0.1, 0.15) is 0 Å². The van der Waals surface area contributed by atoms with Gasteiger partial charge in [0.15, 0.2) is 17.5 Å². The van der Waals surface area contributed by atoms with Gasteiger partial charge in [0, 0.05) is 53.8 Å². The summed E-state index contributed by atoms with van der Waals surface area (Å²) in [7, 11) is 0. The minimum atomic E-state index is 0.629. The molecule has 51 heavy (non-hydrogen) atoms. The van der Waals surface area contributed by atoms with Gasteiger partial charge in [-0.2, -0.15) is 0 Å². The van der Waals surface area contributed by atoms with Crippen molar-refractivity contribution in [2.75, 3.05) is 0 Å². The van der Waals surface area contributed by atoms with Gasteiger partial charge in [0.25, 0.3) is 0 Å². The minimum Gasteiger partial charge on any atom is -0.254 e. The van der Waals surface area contributed by atoms with Crippen LogP contribution in [0.3, 0.4) is 0 Å². The zero-order chi connectivity index (χ0) is 33.7. The zero-order valence-electron chi connectivity index (χ0n) is 27.2. The molecule has 0 atom stereocenters. The molecular formula is C45H27N5S. The lowest BCUT2D eigenvalue weighted by Gasteiger charge is -2.13. The second-order valence-corrected chi connectivity index (χ2v) is 13.6. The van der Waals surface area contributed by atoms with E-state index in [1.54, 1.807) is 11.3 Å². The Hall–Kier alpha value is -6.63. The van der Waals surface area contributed by atoms with Crippen LogP contribution in [0.5, 0.6) is 0 Å². The van der Waals surface area contributed by atoms with Gasteiger partial charge in [-0.15, -0.1) is 11.3 Å². The molecule has 0 spiro atoms. The summed E-state index contributed by atoms with van der Waals surface area (Å²) in [6.07, 6.45) is 1.90. The van der Waals surface area contributed by atoms with E-state index in [-0.39, 0.29) is 0 Å². The number of pyridine rings is 2. The number of hydrogen-bond donors (Lipinski definition) is 0. The Morgan fingerprint density at radius 3 is 1.69 bits per heavy atom. The van der Waals surface area contributed by atoms with Crippen LogP contribution in [0.1, 0.15) is 0 Å². The minimum absolute atomic E-state index is 0.629.